The molecule has 10 nitrogen and oxygen atoms in total. The van der Waals surface area contributed by atoms with Crippen LogP contribution in [0.4, 0.5) is 5.82 Å². The Morgan fingerprint density at radius 2 is 2.19 bits per heavy atom. The van der Waals surface area contributed by atoms with Crippen molar-refractivity contribution in [3.05, 3.63) is 29.7 Å². The number of methoxy groups -OCH3 is 1. The van der Waals surface area contributed by atoms with Crippen molar-refractivity contribution in [1.82, 2.24) is 24.7 Å². The van der Waals surface area contributed by atoms with Gasteiger partial charge in [-0.05, 0) is 19.4 Å². The summed E-state index contributed by atoms with van der Waals surface area (Å²) in [6.07, 6.45) is 2.71. The van der Waals surface area contributed by atoms with Crippen molar-refractivity contribution in [1.29, 1.82) is 0 Å². The Morgan fingerprint density at radius 1 is 1.37 bits per heavy atom. The molecule has 0 amide bonds. The van der Waals surface area contributed by atoms with Crippen molar-refractivity contribution in [3.8, 4) is 11.7 Å². The Hall–Kier alpha value is -3.69. The van der Waals surface area contributed by atoms with Gasteiger partial charge in [0.25, 0.3) is 0 Å². The molecule has 0 fully saturated rings. The summed E-state index contributed by atoms with van der Waals surface area (Å²) in [6, 6.07) is 1.79. The molecule has 10 heteroatoms. The normalized spacial score (nSPS) is 11.2. The van der Waals surface area contributed by atoms with E-state index >= 15 is 0 Å². The number of aromatic nitrogens is 5. The molecule has 4 rings (SSSR count). The fourth-order valence-electron chi connectivity index (χ4n) is 2.86. The summed E-state index contributed by atoms with van der Waals surface area (Å²) in [4.78, 5) is 24.9. The van der Waals surface area contributed by atoms with E-state index in [-0.39, 0.29) is 18.0 Å². The van der Waals surface area contributed by atoms with E-state index in [1.165, 1.54) is 24.3 Å². The van der Waals surface area contributed by atoms with Gasteiger partial charge in [-0.3, -0.25) is 0 Å². The number of aryl methyl sites for hydroxylation is 1. The summed E-state index contributed by atoms with van der Waals surface area (Å²) in [5, 5.41) is 4.90. The van der Waals surface area contributed by atoms with E-state index in [1.54, 1.807) is 13.0 Å². The number of rotatable bonds is 4. The Kier molecular flexibility index (Phi) is 3.87. The van der Waals surface area contributed by atoms with E-state index in [2.05, 4.69) is 20.1 Å². The monoisotopic (exact) mass is 368 g/mol. The molecule has 0 aliphatic carbocycles. The van der Waals surface area contributed by atoms with Crippen LogP contribution in [0.15, 0.2) is 23.0 Å². The second kappa shape index (κ2) is 6.24. The number of hydrogen-bond donors (Lipinski definition) is 1. The van der Waals surface area contributed by atoms with Crippen LogP contribution in [-0.4, -0.2) is 44.4 Å². The maximum atomic E-state index is 12.0. The number of pyridine rings is 1. The number of anilines is 1. The molecule has 0 aliphatic heterocycles. The van der Waals surface area contributed by atoms with Crippen LogP contribution in [0.2, 0.25) is 0 Å². The lowest BCUT2D eigenvalue weighted by molar-refractivity contribution is 0.0527. The van der Waals surface area contributed by atoms with Crippen LogP contribution in [0.25, 0.3) is 28.0 Å². The minimum absolute atomic E-state index is 0.0937. The first-order valence-corrected chi connectivity index (χ1v) is 8.15. The SMILES string of the molecule is CCOC(=O)c1cnn(-c2ncnc3c2oc2nc(OC)cc(C)c23)c1N. The lowest BCUT2D eigenvalue weighted by Gasteiger charge is -2.04. The molecule has 0 radical (unpaired) electrons. The fraction of sp³-hybridized carbons (Fsp3) is 0.235. The number of ether oxygens (including phenoxy) is 2. The van der Waals surface area contributed by atoms with Gasteiger partial charge in [0.05, 0.1) is 25.3 Å². The molecular formula is C17H16N6O4. The van der Waals surface area contributed by atoms with Crippen LogP contribution >= 0.6 is 0 Å². The van der Waals surface area contributed by atoms with Crippen LogP contribution in [0.5, 0.6) is 5.88 Å². The number of carbonyl (C=O) groups excluding carboxylic acids is 1. The molecule has 0 saturated heterocycles. The third-order valence-electron chi connectivity index (χ3n) is 4.09. The van der Waals surface area contributed by atoms with Gasteiger partial charge >= 0.3 is 5.97 Å². The summed E-state index contributed by atoms with van der Waals surface area (Å²) >= 11 is 0. The second-order valence-corrected chi connectivity index (χ2v) is 5.71. The molecule has 0 spiro atoms. The Labute approximate surface area is 152 Å². The van der Waals surface area contributed by atoms with Crippen LogP contribution in [0.1, 0.15) is 22.8 Å². The Morgan fingerprint density at radius 3 is 2.93 bits per heavy atom. The zero-order chi connectivity index (χ0) is 19.1. The highest BCUT2D eigenvalue weighted by molar-refractivity contribution is 6.05. The maximum Gasteiger partial charge on any atom is 0.343 e. The first kappa shape index (κ1) is 16.8. The molecule has 2 N–H and O–H groups in total. The van der Waals surface area contributed by atoms with Crippen molar-refractivity contribution in [2.45, 2.75) is 13.8 Å². The van der Waals surface area contributed by atoms with Gasteiger partial charge in [-0.15, -0.1) is 0 Å². The Bertz CT molecular complexity index is 1180. The zero-order valence-electron chi connectivity index (χ0n) is 14.9. The zero-order valence-corrected chi connectivity index (χ0v) is 14.9. The van der Waals surface area contributed by atoms with Gasteiger partial charge in [0.1, 0.15) is 23.2 Å². The number of furan rings is 1. The van der Waals surface area contributed by atoms with Gasteiger partial charge in [-0.2, -0.15) is 14.8 Å². The van der Waals surface area contributed by atoms with Gasteiger partial charge in [-0.1, -0.05) is 0 Å². The summed E-state index contributed by atoms with van der Waals surface area (Å²) in [5.41, 5.74) is 8.40. The van der Waals surface area contributed by atoms with Crippen molar-refractivity contribution in [2.24, 2.45) is 0 Å². The minimum Gasteiger partial charge on any atom is -0.481 e. The summed E-state index contributed by atoms with van der Waals surface area (Å²) in [5.74, 6) is 0.260. The van der Waals surface area contributed by atoms with Gasteiger partial charge < -0.3 is 19.6 Å². The van der Waals surface area contributed by atoms with Gasteiger partial charge in [0.2, 0.25) is 23.0 Å². The van der Waals surface area contributed by atoms with Gasteiger partial charge in [-0.25, -0.2) is 14.8 Å². The number of nitrogens with two attached hydrogens (primary N) is 1. The van der Waals surface area contributed by atoms with E-state index in [4.69, 9.17) is 19.6 Å². The quantitative estimate of drug-likeness (QED) is 0.537. The smallest absolute Gasteiger partial charge is 0.343 e. The van der Waals surface area contributed by atoms with Crippen LogP contribution in [0.3, 0.4) is 0 Å². The highest BCUT2D eigenvalue weighted by Crippen LogP contribution is 2.33. The maximum absolute atomic E-state index is 12.0. The molecule has 0 bridgehead atoms. The number of nitrogen functional groups attached to an aromatic ring is 1. The first-order chi connectivity index (χ1) is 13.0. The number of fused-ring (bicyclic) bond motifs is 3. The van der Waals surface area contributed by atoms with Gasteiger partial charge in [0, 0.05) is 6.07 Å². The summed E-state index contributed by atoms with van der Waals surface area (Å²) in [7, 11) is 1.53. The highest BCUT2D eigenvalue weighted by atomic mass is 16.5. The number of nitrogens with zero attached hydrogens (tertiary/aromatic N) is 5. The lowest BCUT2D eigenvalue weighted by atomic mass is 10.2. The molecule has 0 aliphatic rings. The van der Waals surface area contributed by atoms with Crippen LogP contribution < -0.4 is 10.5 Å². The molecule has 0 atom stereocenters. The molecule has 4 aromatic rings. The van der Waals surface area contributed by atoms with E-state index in [0.717, 1.165) is 10.9 Å². The standard InChI is InChI=1S/C17H16N6O4/c1-4-26-17(24)9-6-21-23(14(9)18)15-13-12(19-7-20-15)11-8(2)5-10(25-3)22-16(11)27-13/h5-7H,4,18H2,1-3H3. The highest BCUT2D eigenvalue weighted by Gasteiger charge is 2.23. The molecule has 0 unspecified atom stereocenters. The minimum atomic E-state index is -0.557. The third kappa shape index (κ3) is 2.53. The number of hydrogen-bond acceptors (Lipinski definition) is 9. The molecule has 4 aromatic heterocycles. The largest absolute Gasteiger partial charge is 0.481 e. The van der Waals surface area contributed by atoms with E-state index in [9.17, 15) is 4.79 Å². The molecule has 0 aromatic carbocycles. The second-order valence-electron chi connectivity index (χ2n) is 5.71. The van der Waals surface area contributed by atoms with Gasteiger partial charge in [0.15, 0.2) is 0 Å². The summed E-state index contributed by atoms with van der Waals surface area (Å²) < 4.78 is 17.4. The van der Waals surface area contributed by atoms with Crippen LogP contribution in [0, 0.1) is 6.92 Å². The van der Waals surface area contributed by atoms with Crippen molar-refractivity contribution in [2.75, 3.05) is 19.5 Å². The molecule has 4 heterocycles. The summed E-state index contributed by atoms with van der Waals surface area (Å²) in [6.45, 7) is 3.85. The molecular weight excluding hydrogens is 352 g/mol. The first-order valence-electron chi connectivity index (χ1n) is 8.15. The Balaban J connectivity index is 1.95. The third-order valence-corrected chi connectivity index (χ3v) is 4.09. The molecule has 0 saturated carbocycles. The predicted molar refractivity (Wildman–Crippen MR) is 95.9 cm³/mol. The van der Waals surface area contributed by atoms with Crippen LogP contribution in [-0.2, 0) is 4.74 Å². The van der Waals surface area contributed by atoms with E-state index in [1.807, 2.05) is 6.92 Å². The fourth-order valence-corrected chi connectivity index (χ4v) is 2.86. The lowest BCUT2D eigenvalue weighted by Crippen LogP contribution is -2.10. The topological polar surface area (TPSA) is 131 Å². The van der Waals surface area contributed by atoms with Crippen molar-refractivity contribution >= 4 is 34.0 Å². The van der Waals surface area contributed by atoms with E-state index < -0.39 is 5.97 Å². The number of esters is 1. The van der Waals surface area contributed by atoms with Crippen molar-refractivity contribution in [3.63, 3.8) is 0 Å². The predicted octanol–water partition coefficient (Wildman–Crippen LogP) is 2.03. The average molecular weight is 368 g/mol. The average Bonchev–Trinajstić information content (AvgIpc) is 3.22. The molecule has 27 heavy (non-hydrogen) atoms. The molecule has 138 valence electrons. The number of carbonyl (C=O) groups is 1. The van der Waals surface area contributed by atoms with Crippen molar-refractivity contribution < 1.29 is 18.7 Å². The van der Waals surface area contributed by atoms with E-state index in [0.29, 0.717) is 28.5 Å².